The zero-order valence-corrected chi connectivity index (χ0v) is 15.9. The highest BCUT2D eigenvalue weighted by Crippen LogP contribution is 2.12. The number of hydrogen-bond acceptors (Lipinski definition) is 5. The number of nitrogens with two attached hydrogens (primary N) is 1. The molecule has 0 saturated carbocycles. The Labute approximate surface area is 163 Å². The fourth-order valence-electron chi connectivity index (χ4n) is 2.22. The minimum atomic E-state index is -3.72. The zero-order valence-electron chi connectivity index (χ0n) is 15.0. The Kier molecular flexibility index (Phi) is 7.24. The van der Waals surface area contributed by atoms with Crippen LogP contribution in [0.25, 0.3) is 0 Å². The minimum Gasteiger partial charge on any atom is -0.353 e. The summed E-state index contributed by atoms with van der Waals surface area (Å²) in [5.41, 5.74) is 1.70. The number of hydrogen-bond donors (Lipinski definition) is 3. The molecule has 10 heteroatoms. The Morgan fingerprint density at radius 1 is 1.11 bits per heavy atom. The van der Waals surface area contributed by atoms with Crippen LogP contribution in [0, 0.1) is 10.1 Å². The largest absolute Gasteiger partial charge is 0.353 e. The number of nitrogens with zero attached hydrogens (tertiary/aromatic N) is 2. The van der Waals surface area contributed by atoms with Gasteiger partial charge in [0, 0.05) is 25.2 Å². The quantitative estimate of drug-likeness (QED) is 0.201. The second-order valence-electron chi connectivity index (χ2n) is 5.80. The van der Waals surface area contributed by atoms with E-state index >= 15 is 0 Å². The molecule has 2 rings (SSSR count). The molecule has 0 saturated heterocycles. The van der Waals surface area contributed by atoms with Crippen molar-refractivity contribution in [1.29, 1.82) is 0 Å². The lowest BCUT2D eigenvalue weighted by atomic mass is 10.2. The average molecular weight is 403 g/mol. The Hall–Kier alpha value is -3.24. The van der Waals surface area contributed by atoms with Crippen molar-refractivity contribution in [2.75, 3.05) is 6.54 Å². The van der Waals surface area contributed by atoms with Crippen LogP contribution in [0.3, 0.4) is 0 Å². The Morgan fingerprint density at radius 2 is 1.71 bits per heavy atom. The number of sulfonamides is 1. The molecule has 0 unspecified atom stereocenters. The topological polar surface area (TPSA) is 140 Å². The number of rotatable bonds is 8. The zero-order chi connectivity index (χ0) is 20.6. The minimum absolute atomic E-state index is 0.0327. The molecule has 28 heavy (non-hydrogen) atoms. The first-order valence-electron chi connectivity index (χ1n) is 8.28. The van der Waals surface area contributed by atoms with Gasteiger partial charge in [0.1, 0.15) is 0 Å². The predicted octanol–water partition coefficient (Wildman–Crippen LogP) is 1.66. The number of non-ortho nitro benzene ring substituents is 1. The fourth-order valence-corrected chi connectivity index (χ4v) is 2.73. The molecule has 0 spiro atoms. The second-order valence-corrected chi connectivity index (χ2v) is 7.36. The molecule has 0 fully saturated rings. The van der Waals surface area contributed by atoms with Crippen LogP contribution in [0.2, 0.25) is 0 Å². The summed E-state index contributed by atoms with van der Waals surface area (Å²) in [6.07, 6.45) is 1.68. The molecule has 0 heterocycles. The normalized spacial score (nSPS) is 11.7. The van der Waals surface area contributed by atoms with Crippen molar-refractivity contribution in [2.24, 2.45) is 10.1 Å². The van der Waals surface area contributed by atoms with E-state index in [4.69, 9.17) is 5.14 Å². The van der Waals surface area contributed by atoms with Gasteiger partial charge in [0.25, 0.3) is 5.69 Å². The first kappa shape index (κ1) is 21.1. The van der Waals surface area contributed by atoms with Gasteiger partial charge in [0.2, 0.25) is 10.0 Å². The third-order valence-electron chi connectivity index (χ3n) is 3.69. The van der Waals surface area contributed by atoms with Crippen LogP contribution in [0.5, 0.6) is 0 Å². The van der Waals surface area contributed by atoms with E-state index in [-0.39, 0.29) is 10.6 Å². The van der Waals surface area contributed by atoms with Gasteiger partial charge in [-0.25, -0.2) is 18.5 Å². The molecule has 2 aromatic carbocycles. The molecular formula is C18H21N5O4S. The summed E-state index contributed by atoms with van der Waals surface area (Å²) in [5.74, 6) is 0.522. The predicted molar refractivity (Wildman–Crippen MR) is 107 cm³/mol. The summed E-state index contributed by atoms with van der Waals surface area (Å²) in [4.78, 5) is 14.7. The van der Waals surface area contributed by atoms with E-state index in [1.54, 1.807) is 30.3 Å². The fraction of sp³-hybridized carbons (Fsp3) is 0.167. The van der Waals surface area contributed by atoms with Gasteiger partial charge in [-0.15, -0.1) is 6.58 Å². The van der Waals surface area contributed by atoms with Crippen LogP contribution in [-0.4, -0.2) is 25.8 Å². The maximum Gasteiger partial charge on any atom is 0.269 e. The number of benzene rings is 2. The van der Waals surface area contributed by atoms with E-state index in [1.165, 1.54) is 24.3 Å². The van der Waals surface area contributed by atoms with Crippen molar-refractivity contribution in [2.45, 2.75) is 18.0 Å². The maximum absolute atomic E-state index is 11.3. The van der Waals surface area contributed by atoms with Gasteiger partial charge in [0.15, 0.2) is 5.96 Å². The molecule has 0 radical (unpaired) electrons. The van der Waals surface area contributed by atoms with E-state index in [0.29, 0.717) is 25.6 Å². The van der Waals surface area contributed by atoms with Gasteiger partial charge < -0.3 is 10.6 Å². The third-order valence-corrected chi connectivity index (χ3v) is 4.62. The van der Waals surface area contributed by atoms with E-state index in [2.05, 4.69) is 22.2 Å². The van der Waals surface area contributed by atoms with Gasteiger partial charge >= 0.3 is 0 Å². The number of nitrogens with one attached hydrogen (secondary N) is 2. The summed E-state index contributed by atoms with van der Waals surface area (Å²) in [5, 5.41) is 22.0. The van der Waals surface area contributed by atoms with Gasteiger partial charge in [-0.05, 0) is 23.3 Å². The van der Waals surface area contributed by atoms with Crippen LogP contribution >= 0.6 is 0 Å². The number of primary sulfonamides is 1. The molecule has 0 aliphatic carbocycles. The van der Waals surface area contributed by atoms with Crippen LogP contribution in [0.4, 0.5) is 5.69 Å². The molecule has 4 N–H and O–H groups in total. The summed E-state index contributed by atoms with van der Waals surface area (Å²) >= 11 is 0. The van der Waals surface area contributed by atoms with Crippen LogP contribution in [-0.2, 0) is 23.1 Å². The van der Waals surface area contributed by atoms with Crippen LogP contribution in [0.1, 0.15) is 11.1 Å². The van der Waals surface area contributed by atoms with E-state index in [9.17, 15) is 18.5 Å². The molecule has 2 aromatic rings. The van der Waals surface area contributed by atoms with Gasteiger partial charge in [-0.1, -0.05) is 30.3 Å². The second kappa shape index (κ2) is 9.62. The lowest BCUT2D eigenvalue weighted by Gasteiger charge is -2.11. The average Bonchev–Trinajstić information content (AvgIpc) is 2.67. The highest BCUT2D eigenvalue weighted by Gasteiger charge is 2.07. The number of nitro groups is 1. The molecule has 0 bridgehead atoms. The van der Waals surface area contributed by atoms with Crippen molar-refractivity contribution < 1.29 is 13.3 Å². The lowest BCUT2D eigenvalue weighted by molar-refractivity contribution is -0.384. The highest BCUT2D eigenvalue weighted by molar-refractivity contribution is 7.89. The molecule has 0 aliphatic heterocycles. The van der Waals surface area contributed by atoms with Crippen molar-refractivity contribution >= 4 is 21.7 Å². The third kappa shape index (κ3) is 6.49. The first-order chi connectivity index (χ1) is 13.3. The maximum atomic E-state index is 11.3. The standard InChI is InChI=1S/C18H21N5O4S/c1-2-11-20-18(21-12-14-3-7-16(8-4-14)23(24)25)22-13-15-5-9-17(10-6-15)28(19,26)27/h2-10H,1,11-13H2,(H2,19,26,27)(H2,20,21,22). The van der Waals surface area contributed by atoms with Crippen molar-refractivity contribution in [1.82, 2.24) is 10.6 Å². The lowest BCUT2D eigenvalue weighted by Crippen LogP contribution is -2.37. The van der Waals surface area contributed by atoms with E-state index in [1.807, 2.05) is 0 Å². The van der Waals surface area contributed by atoms with Gasteiger partial charge in [0.05, 0.1) is 16.4 Å². The van der Waals surface area contributed by atoms with Crippen molar-refractivity contribution in [3.63, 3.8) is 0 Å². The Morgan fingerprint density at radius 3 is 2.25 bits per heavy atom. The summed E-state index contributed by atoms with van der Waals surface area (Å²) in [7, 11) is -3.72. The van der Waals surface area contributed by atoms with Crippen LogP contribution < -0.4 is 15.8 Å². The molecule has 9 nitrogen and oxygen atoms in total. The molecule has 0 aromatic heterocycles. The molecule has 0 aliphatic rings. The SMILES string of the molecule is C=CCNC(=NCc1ccc(S(N)(=O)=O)cc1)NCc1ccc([N+](=O)[O-])cc1. The van der Waals surface area contributed by atoms with E-state index < -0.39 is 14.9 Å². The summed E-state index contributed by atoms with van der Waals surface area (Å²) in [6, 6.07) is 12.4. The van der Waals surface area contributed by atoms with Crippen molar-refractivity contribution in [3.8, 4) is 0 Å². The highest BCUT2D eigenvalue weighted by atomic mass is 32.2. The monoisotopic (exact) mass is 403 g/mol. The number of nitro benzene ring substituents is 1. The number of aliphatic imine (C=N–C) groups is 1. The van der Waals surface area contributed by atoms with Gasteiger partial charge in [-0.2, -0.15) is 0 Å². The smallest absolute Gasteiger partial charge is 0.269 e. The van der Waals surface area contributed by atoms with Crippen LogP contribution in [0.15, 0.2) is 71.1 Å². The van der Waals surface area contributed by atoms with E-state index in [0.717, 1.165) is 11.1 Å². The Bertz CT molecular complexity index is 954. The molecule has 0 atom stereocenters. The molecule has 0 amide bonds. The Balaban J connectivity index is 2.03. The van der Waals surface area contributed by atoms with Gasteiger partial charge in [-0.3, -0.25) is 10.1 Å². The van der Waals surface area contributed by atoms with Crippen molar-refractivity contribution in [3.05, 3.63) is 82.4 Å². The molecular weight excluding hydrogens is 382 g/mol. The summed E-state index contributed by atoms with van der Waals surface area (Å²) in [6.45, 7) is 4.89. The summed E-state index contributed by atoms with van der Waals surface area (Å²) < 4.78 is 22.6. The first-order valence-corrected chi connectivity index (χ1v) is 9.82. The molecule has 148 valence electrons. The number of guanidine groups is 1.